The number of carbonyl (C=O) groups excluding carboxylic acids is 1. The second-order valence-electron chi connectivity index (χ2n) is 6.03. The van der Waals surface area contributed by atoms with Crippen molar-refractivity contribution in [2.24, 2.45) is 0 Å². The van der Waals surface area contributed by atoms with E-state index >= 15 is 0 Å². The van der Waals surface area contributed by atoms with Gasteiger partial charge in [-0.05, 0) is 43.3 Å². The van der Waals surface area contributed by atoms with Crippen LogP contribution in [-0.2, 0) is 0 Å². The fourth-order valence-corrected chi connectivity index (χ4v) is 3.06. The molecule has 1 amide bonds. The summed E-state index contributed by atoms with van der Waals surface area (Å²) in [5, 5.41) is 9.07. The summed E-state index contributed by atoms with van der Waals surface area (Å²) in [7, 11) is 0. The number of pyridine rings is 1. The molecule has 5 nitrogen and oxygen atoms in total. The number of aryl methyl sites for hydroxylation is 1. The average Bonchev–Trinajstić information content (AvgIpc) is 3.03. The Hall–Kier alpha value is -2.89. The van der Waals surface area contributed by atoms with Gasteiger partial charge < -0.3 is 5.32 Å². The van der Waals surface area contributed by atoms with Crippen LogP contribution in [0.2, 0.25) is 10.0 Å². The van der Waals surface area contributed by atoms with E-state index in [0.29, 0.717) is 27.2 Å². The van der Waals surface area contributed by atoms with E-state index in [9.17, 15) is 4.79 Å². The third kappa shape index (κ3) is 3.52. The molecule has 0 fully saturated rings. The van der Waals surface area contributed by atoms with Gasteiger partial charge in [0.05, 0.1) is 21.3 Å². The van der Waals surface area contributed by atoms with Gasteiger partial charge in [-0.2, -0.15) is 9.78 Å². The largest absolute Gasteiger partial charge is 0.306 e. The highest BCUT2D eigenvalue weighted by Gasteiger charge is 2.14. The van der Waals surface area contributed by atoms with Gasteiger partial charge in [-0.1, -0.05) is 41.4 Å². The molecule has 2 heterocycles. The van der Waals surface area contributed by atoms with Crippen LogP contribution in [0.25, 0.3) is 16.7 Å². The summed E-state index contributed by atoms with van der Waals surface area (Å²) in [6.07, 6.45) is 0. The van der Waals surface area contributed by atoms with E-state index < -0.39 is 0 Å². The molecule has 0 bridgehead atoms. The zero-order chi connectivity index (χ0) is 19.0. The van der Waals surface area contributed by atoms with Gasteiger partial charge in [0, 0.05) is 17.0 Å². The Bertz CT molecular complexity index is 1170. The number of rotatable bonds is 3. The summed E-state index contributed by atoms with van der Waals surface area (Å²) in [5.74, 6) is 0.827. The van der Waals surface area contributed by atoms with Crippen molar-refractivity contribution in [2.45, 2.75) is 6.92 Å². The van der Waals surface area contributed by atoms with Crippen LogP contribution in [0, 0.1) is 6.92 Å². The van der Waals surface area contributed by atoms with Crippen LogP contribution >= 0.6 is 23.2 Å². The van der Waals surface area contributed by atoms with Crippen LogP contribution < -0.4 is 5.32 Å². The Morgan fingerprint density at radius 1 is 1.00 bits per heavy atom. The van der Waals surface area contributed by atoms with Gasteiger partial charge in [0.15, 0.2) is 5.82 Å². The van der Waals surface area contributed by atoms with Gasteiger partial charge in [0.25, 0.3) is 5.91 Å². The smallest absolute Gasteiger partial charge is 0.256 e. The average molecular weight is 397 g/mol. The lowest BCUT2D eigenvalue weighted by Crippen LogP contribution is -2.15. The first-order valence-corrected chi connectivity index (χ1v) is 8.96. The number of para-hydroxylation sites is 1. The Morgan fingerprint density at radius 2 is 1.81 bits per heavy atom. The Morgan fingerprint density at radius 3 is 2.63 bits per heavy atom. The predicted octanol–water partition coefficient (Wildman–Crippen LogP) is 5.29. The number of aromatic nitrogens is 3. The molecule has 27 heavy (non-hydrogen) atoms. The van der Waals surface area contributed by atoms with Gasteiger partial charge in [0.2, 0.25) is 0 Å². The maximum absolute atomic E-state index is 12.6. The van der Waals surface area contributed by atoms with Crippen molar-refractivity contribution in [3.05, 3.63) is 82.0 Å². The number of nitrogens with zero attached hydrogens (tertiary/aromatic N) is 3. The van der Waals surface area contributed by atoms with Crippen LogP contribution in [0.1, 0.15) is 16.1 Å². The Labute approximate surface area is 165 Å². The topological polar surface area (TPSA) is 59.8 Å². The zero-order valence-electron chi connectivity index (χ0n) is 14.3. The molecule has 0 atom stereocenters. The molecular formula is C20H14Cl2N4O. The van der Waals surface area contributed by atoms with Crippen LogP contribution in [0.4, 0.5) is 5.82 Å². The highest BCUT2D eigenvalue weighted by Crippen LogP contribution is 2.24. The zero-order valence-corrected chi connectivity index (χ0v) is 15.8. The lowest BCUT2D eigenvalue weighted by atomic mass is 10.2. The van der Waals surface area contributed by atoms with Crippen molar-refractivity contribution in [1.29, 1.82) is 0 Å². The fraction of sp³-hybridized carbons (Fsp3) is 0.0500. The van der Waals surface area contributed by atoms with E-state index in [1.54, 1.807) is 22.9 Å². The number of anilines is 1. The first-order valence-electron chi connectivity index (χ1n) is 8.20. The molecule has 0 saturated heterocycles. The van der Waals surface area contributed by atoms with Crippen molar-refractivity contribution >= 4 is 45.8 Å². The molecule has 0 unspecified atom stereocenters. The van der Waals surface area contributed by atoms with Crippen molar-refractivity contribution in [2.75, 3.05) is 5.32 Å². The minimum absolute atomic E-state index is 0.310. The number of hydrogen-bond donors (Lipinski definition) is 1. The monoisotopic (exact) mass is 396 g/mol. The Kier molecular flexibility index (Phi) is 4.56. The molecule has 4 aromatic rings. The van der Waals surface area contributed by atoms with Gasteiger partial charge >= 0.3 is 0 Å². The van der Waals surface area contributed by atoms with E-state index in [1.165, 1.54) is 6.07 Å². The number of hydrogen-bond acceptors (Lipinski definition) is 3. The third-order valence-electron chi connectivity index (χ3n) is 4.06. The van der Waals surface area contributed by atoms with E-state index in [-0.39, 0.29) is 5.91 Å². The van der Waals surface area contributed by atoms with Gasteiger partial charge in [-0.3, -0.25) is 4.79 Å². The lowest BCUT2D eigenvalue weighted by molar-refractivity contribution is 0.102. The highest BCUT2D eigenvalue weighted by molar-refractivity contribution is 6.42. The van der Waals surface area contributed by atoms with Crippen molar-refractivity contribution in [1.82, 2.24) is 14.8 Å². The molecular weight excluding hydrogens is 383 g/mol. The van der Waals surface area contributed by atoms with Crippen LogP contribution in [0.3, 0.4) is 0 Å². The van der Waals surface area contributed by atoms with E-state index in [4.69, 9.17) is 23.2 Å². The van der Waals surface area contributed by atoms with Gasteiger partial charge in [0.1, 0.15) is 5.82 Å². The van der Waals surface area contributed by atoms with E-state index in [2.05, 4.69) is 15.4 Å². The molecule has 0 radical (unpaired) electrons. The van der Waals surface area contributed by atoms with Crippen LogP contribution in [0.5, 0.6) is 0 Å². The summed E-state index contributed by atoms with van der Waals surface area (Å²) >= 11 is 11.9. The van der Waals surface area contributed by atoms with Crippen LogP contribution in [0.15, 0.2) is 60.7 Å². The second kappa shape index (κ2) is 7.02. The summed E-state index contributed by atoms with van der Waals surface area (Å²) in [6, 6.07) is 18.2. The van der Waals surface area contributed by atoms with Crippen molar-refractivity contribution in [3.8, 4) is 5.82 Å². The lowest BCUT2D eigenvalue weighted by Gasteiger charge is -2.09. The number of fused-ring (bicyclic) bond motifs is 1. The third-order valence-corrected chi connectivity index (χ3v) is 4.79. The molecule has 1 N–H and O–H groups in total. The fourth-order valence-electron chi connectivity index (χ4n) is 2.76. The normalized spacial score (nSPS) is 10.9. The van der Waals surface area contributed by atoms with E-state index in [1.807, 2.05) is 43.3 Å². The number of nitrogens with one attached hydrogen (secondary N) is 1. The minimum atomic E-state index is -0.310. The second-order valence-corrected chi connectivity index (χ2v) is 6.84. The molecule has 134 valence electrons. The quantitative estimate of drug-likeness (QED) is 0.511. The number of benzene rings is 2. The van der Waals surface area contributed by atoms with E-state index in [0.717, 1.165) is 16.6 Å². The maximum atomic E-state index is 12.6. The first-order chi connectivity index (χ1) is 13.0. The predicted molar refractivity (Wildman–Crippen MR) is 108 cm³/mol. The van der Waals surface area contributed by atoms with Gasteiger partial charge in [-0.25, -0.2) is 4.98 Å². The molecule has 0 aliphatic carbocycles. The number of amides is 1. The molecule has 4 rings (SSSR count). The molecule has 7 heteroatoms. The van der Waals surface area contributed by atoms with Crippen molar-refractivity contribution in [3.63, 3.8) is 0 Å². The molecule has 2 aromatic heterocycles. The summed E-state index contributed by atoms with van der Waals surface area (Å²) in [5.41, 5.74) is 2.01. The molecule has 0 aliphatic rings. The Balaban J connectivity index is 1.69. The number of halogens is 2. The summed E-state index contributed by atoms with van der Waals surface area (Å²) in [4.78, 5) is 17.2. The standard InChI is InChI=1S/C20H14Cl2N4O/c1-12-10-19(24-20(27)14-6-8-15(21)16(22)11-14)26(25-12)18-9-7-13-4-2-3-5-17(13)23-18/h2-11H,1H3,(H,24,27). The maximum Gasteiger partial charge on any atom is 0.256 e. The molecule has 2 aromatic carbocycles. The summed E-state index contributed by atoms with van der Waals surface area (Å²) < 4.78 is 1.61. The van der Waals surface area contributed by atoms with Crippen molar-refractivity contribution < 1.29 is 4.79 Å². The highest BCUT2D eigenvalue weighted by atomic mass is 35.5. The molecule has 0 aliphatic heterocycles. The SMILES string of the molecule is Cc1cc(NC(=O)c2ccc(Cl)c(Cl)c2)n(-c2ccc3ccccc3n2)n1. The van der Waals surface area contributed by atoms with Gasteiger partial charge in [-0.15, -0.1) is 0 Å². The molecule has 0 spiro atoms. The summed E-state index contributed by atoms with van der Waals surface area (Å²) in [6.45, 7) is 1.85. The minimum Gasteiger partial charge on any atom is -0.306 e. The first kappa shape index (κ1) is 17.5. The number of carbonyl (C=O) groups is 1. The van der Waals surface area contributed by atoms with Crippen LogP contribution in [-0.4, -0.2) is 20.7 Å². The molecule has 0 saturated carbocycles.